The largest absolute Gasteiger partial charge is 0.455 e. The number of hydrogen-bond acceptors (Lipinski definition) is 3. The molecule has 1 heterocycles. The second kappa shape index (κ2) is 7.15. The Labute approximate surface area is 144 Å². The van der Waals surface area contributed by atoms with Crippen molar-refractivity contribution in [3.63, 3.8) is 0 Å². The standard InChI is InChI=1S/C19H15ClN2O2/c1-13-5-2-3-8-17(13)19(23)22-21-12-16-9-10-18(24-16)14-6-4-7-15(20)11-14/h2-12H,1H3,(H,22,23)/b21-12-. The first-order valence-corrected chi connectivity index (χ1v) is 7.76. The molecule has 3 aromatic rings. The van der Waals surface area contributed by atoms with Crippen LogP contribution in [0.5, 0.6) is 0 Å². The molecule has 0 aliphatic carbocycles. The van der Waals surface area contributed by atoms with Gasteiger partial charge in [0.05, 0.1) is 6.21 Å². The van der Waals surface area contributed by atoms with Crippen LogP contribution in [-0.2, 0) is 0 Å². The molecule has 0 unspecified atom stereocenters. The van der Waals surface area contributed by atoms with Crippen LogP contribution >= 0.6 is 11.6 Å². The maximum absolute atomic E-state index is 12.0. The Morgan fingerprint density at radius 1 is 1.12 bits per heavy atom. The monoisotopic (exact) mass is 338 g/mol. The van der Waals surface area contributed by atoms with Crippen molar-refractivity contribution in [3.05, 3.63) is 82.6 Å². The van der Waals surface area contributed by atoms with Gasteiger partial charge >= 0.3 is 0 Å². The van der Waals surface area contributed by atoms with E-state index < -0.39 is 0 Å². The van der Waals surface area contributed by atoms with Crippen LogP contribution in [0.1, 0.15) is 21.7 Å². The maximum Gasteiger partial charge on any atom is 0.271 e. The van der Waals surface area contributed by atoms with Gasteiger partial charge in [0.1, 0.15) is 11.5 Å². The smallest absolute Gasteiger partial charge is 0.271 e. The van der Waals surface area contributed by atoms with Crippen molar-refractivity contribution in [2.24, 2.45) is 5.10 Å². The molecular formula is C19H15ClN2O2. The number of carbonyl (C=O) groups is 1. The molecule has 0 fully saturated rings. The van der Waals surface area contributed by atoms with Crippen molar-refractivity contribution >= 4 is 23.7 Å². The van der Waals surface area contributed by atoms with Crippen LogP contribution < -0.4 is 5.43 Å². The molecule has 5 heteroatoms. The van der Waals surface area contributed by atoms with Crippen LogP contribution in [0.2, 0.25) is 5.02 Å². The molecule has 0 aliphatic rings. The number of furan rings is 1. The van der Waals surface area contributed by atoms with E-state index in [1.54, 1.807) is 18.2 Å². The number of rotatable bonds is 4. The lowest BCUT2D eigenvalue weighted by atomic mass is 10.1. The Morgan fingerprint density at radius 3 is 2.75 bits per heavy atom. The van der Waals surface area contributed by atoms with Gasteiger partial charge in [0.15, 0.2) is 0 Å². The Bertz CT molecular complexity index is 900. The second-order valence-electron chi connectivity index (χ2n) is 5.23. The SMILES string of the molecule is Cc1ccccc1C(=O)N/N=C\c1ccc(-c2cccc(Cl)c2)o1. The van der Waals surface area contributed by atoms with Gasteiger partial charge in [-0.15, -0.1) is 0 Å². The van der Waals surface area contributed by atoms with Gasteiger partial charge in [0.2, 0.25) is 0 Å². The van der Waals surface area contributed by atoms with Crippen LogP contribution in [-0.4, -0.2) is 12.1 Å². The highest BCUT2D eigenvalue weighted by Crippen LogP contribution is 2.24. The summed E-state index contributed by atoms with van der Waals surface area (Å²) in [5.41, 5.74) is 4.86. The quantitative estimate of drug-likeness (QED) is 0.555. The third-order valence-corrected chi connectivity index (χ3v) is 3.72. The Balaban J connectivity index is 1.68. The molecule has 0 saturated heterocycles. The van der Waals surface area contributed by atoms with Gasteiger partial charge in [-0.2, -0.15) is 5.10 Å². The van der Waals surface area contributed by atoms with E-state index in [0.29, 0.717) is 22.1 Å². The van der Waals surface area contributed by atoms with E-state index in [1.165, 1.54) is 6.21 Å². The normalized spacial score (nSPS) is 10.9. The molecule has 0 atom stereocenters. The van der Waals surface area contributed by atoms with Gasteiger partial charge in [-0.05, 0) is 42.8 Å². The molecule has 24 heavy (non-hydrogen) atoms. The van der Waals surface area contributed by atoms with Crippen molar-refractivity contribution in [1.29, 1.82) is 0 Å². The highest BCUT2D eigenvalue weighted by molar-refractivity contribution is 6.30. The lowest BCUT2D eigenvalue weighted by Crippen LogP contribution is -2.18. The van der Waals surface area contributed by atoms with Gasteiger partial charge in [-0.3, -0.25) is 4.79 Å². The van der Waals surface area contributed by atoms with E-state index >= 15 is 0 Å². The average molecular weight is 339 g/mol. The number of hydrogen-bond donors (Lipinski definition) is 1. The zero-order chi connectivity index (χ0) is 16.9. The first-order valence-electron chi connectivity index (χ1n) is 7.38. The minimum atomic E-state index is -0.258. The summed E-state index contributed by atoms with van der Waals surface area (Å²) in [5.74, 6) is 0.963. The molecular weight excluding hydrogens is 324 g/mol. The van der Waals surface area contributed by atoms with Crippen LogP contribution in [0.15, 0.2) is 70.2 Å². The minimum absolute atomic E-state index is 0.258. The highest BCUT2D eigenvalue weighted by atomic mass is 35.5. The third-order valence-electron chi connectivity index (χ3n) is 3.48. The van der Waals surface area contributed by atoms with Crippen molar-refractivity contribution in [2.45, 2.75) is 6.92 Å². The van der Waals surface area contributed by atoms with E-state index in [9.17, 15) is 4.79 Å². The third kappa shape index (κ3) is 3.73. The van der Waals surface area contributed by atoms with Crippen molar-refractivity contribution in [3.8, 4) is 11.3 Å². The molecule has 4 nitrogen and oxygen atoms in total. The summed E-state index contributed by atoms with van der Waals surface area (Å²) in [7, 11) is 0. The van der Waals surface area contributed by atoms with E-state index in [4.69, 9.17) is 16.0 Å². The topological polar surface area (TPSA) is 54.6 Å². The van der Waals surface area contributed by atoms with Crippen molar-refractivity contribution in [2.75, 3.05) is 0 Å². The molecule has 0 saturated carbocycles. The average Bonchev–Trinajstić information content (AvgIpc) is 3.04. The Hall–Kier alpha value is -2.85. The number of benzene rings is 2. The summed E-state index contributed by atoms with van der Waals surface area (Å²) >= 11 is 5.98. The molecule has 2 aromatic carbocycles. The number of halogens is 1. The first-order chi connectivity index (χ1) is 11.6. The molecule has 0 spiro atoms. The molecule has 1 N–H and O–H groups in total. The van der Waals surface area contributed by atoms with Crippen molar-refractivity contribution in [1.82, 2.24) is 5.43 Å². The van der Waals surface area contributed by atoms with E-state index in [2.05, 4.69) is 10.5 Å². The summed E-state index contributed by atoms with van der Waals surface area (Å²) in [6.45, 7) is 1.88. The van der Waals surface area contributed by atoms with Gasteiger partial charge < -0.3 is 4.42 Å². The van der Waals surface area contributed by atoms with Gasteiger partial charge in [-0.1, -0.05) is 41.9 Å². The lowest BCUT2D eigenvalue weighted by molar-refractivity contribution is 0.0954. The van der Waals surface area contributed by atoms with Crippen LogP contribution in [0.4, 0.5) is 0 Å². The van der Waals surface area contributed by atoms with Crippen LogP contribution in [0.3, 0.4) is 0 Å². The lowest BCUT2D eigenvalue weighted by Gasteiger charge is -2.02. The van der Waals surface area contributed by atoms with Gasteiger partial charge in [-0.25, -0.2) is 5.43 Å². The number of nitrogens with zero attached hydrogens (tertiary/aromatic N) is 1. The van der Waals surface area contributed by atoms with E-state index in [0.717, 1.165) is 11.1 Å². The van der Waals surface area contributed by atoms with Crippen LogP contribution in [0.25, 0.3) is 11.3 Å². The zero-order valence-electron chi connectivity index (χ0n) is 13.0. The fourth-order valence-corrected chi connectivity index (χ4v) is 2.45. The fourth-order valence-electron chi connectivity index (χ4n) is 2.26. The van der Waals surface area contributed by atoms with E-state index in [1.807, 2.05) is 49.4 Å². The fraction of sp³-hybridized carbons (Fsp3) is 0.0526. The first kappa shape index (κ1) is 16.0. The Morgan fingerprint density at radius 2 is 1.96 bits per heavy atom. The maximum atomic E-state index is 12.0. The van der Waals surface area contributed by atoms with Gasteiger partial charge in [0.25, 0.3) is 5.91 Å². The summed E-state index contributed by atoms with van der Waals surface area (Å²) in [5, 5.41) is 4.58. The highest BCUT2D eigenvalue weighted by Gasteiger charge is 2.07. The zero-order valence-corrected chi connectivity index (χ0v) is 13.7. The summed E-state index contributed by atoms with van der Waals surface area (Å²) in [6, 6.07) is 18.3. The second-order valence-corrected chi connectivity index (χ2v) is 5.66. The molecule has 1 amide bonds. The summed E-state index contributed by atoms with van der Waals surface area (Å²) < 4.78 is 5.68. The molecule has 0 radical (unpaired) electrons. The number of aryl methyl sites for hydroxylation is 1. The molecule has 0 aliphatic heterocycles. The number of carbonyl (C=O) groups excluding carboxylic acids is 1. The number of hydrazone groups is 1. The van der Waals surface area contributed by atoms with Gasteiger partial charge in [0, 0.05) is 16.1 Å². The molecule has 120 valence electrons. The summed E-state index contributed by atoms with van der Waals surface area (Å²) in [6.07, 6.45) is 1.46. The predicted molar refractivity (Wildman–Crippen MR) is 95.4 cm³/mol. The molecule has 0 bridgehead atoms. The van der Waals surface area contributed by atoms with Crippen molar-refractivity contribution < 1.29 is 9.21 Å². The minimum Gasteiger partial charge on any atom is -0.455 e. The van der Waals surface area contributed by atoms with Crippen LogP contribution in [0, 0.1) is 6.92 Å². The number of amides is 1. The number of nitrogens with one attached hydrogen (secondary N) is 1. The predicted octanol–water partition coefficient (Wildman–Crippen LogP) is 4.67. The summed E-state index contributed by atoms with van der Waals surface area (Å²) in [4.78, 5) is 12.0. The molecule has 1 aromatic heterocycles. The van der Waals surface area contributed by atoms with E-state index in [-0.39, 0.29) is 5.91 Å². The molecule has 3 rings (SSSR count). The Kier molecular flexibility index (Phi) is 4.77.